The van der Waals surface area contributed by atoms with Crippen molar-refractivity contribution in [1.29, 1.82) is 0 Å². The zero-order valence-corrected chi connectivity index (χ0v) is 26.8. The second-order valence-electron chi connectivity index (χ2n) is 12.6. The lowest BCUT2D eigenvalue weighted by Gasteiger charge is -2.33. The van der Waals surface area contributed by atoms with Gasteiger partial charge in [-0.25, -0.2) is 9.59 Å². The monoisotopic (exact) mass is 607 g/mol. The Morgan fingerprint density at radius 2 is 1.55 bits per heavy atom. The van der Waals surface area contributed by atoms with Gasteiger partial charge in [0.1, 0.15) is 35.1 Å². The molecule has 0 saturated carbocycles. The number of hydrogen-bond acceptors (Lipinski definition) is 7. The highest BCUT2D eigenvalue weighted by atomic mass is 16.6. The second-order valence-corrected chi connectivity index (χ2v) is 12.6. The molecule has 10 heteroatoms. The third-order valence-corrected chi connectivity index (χ3v) is 6.51. The zero-order valence-electron chi connectivity index (χ0n) is 26.8. The van der Waals surface area contributed by atoms with Crippen molar-refractivity contribution in [2.45, 2.75) is 97.6 Å². The highest BCUT2D eigenvalue weighted by molar-refractivity contribution is 5.95. The van der Waals surface area contributed by atoms with Crippen LogP contribution in [0.4, 0.5) is 4.79 Å². The van der Waals surface area contributed by atoms with Crippen LogP contribution in [0.15, 0.2) is 54.6 Å². The lowest BCUT2D eigenvalue weighted by molar-refractivity contribution is -0.159. The van der Waals surface area contributed by atoms with Crippen LogP contribution in [0.3, 0.4) is 0 Å². The Hall–Kier alpha value is -4.52. The molecule has 0 saturated heterocycles. The number of rotatable bonds is 11. The number of phenols is 1. The van der Waals surface area contributed by atoms with Gasteiger partial charge in [-0.2, -0.15) is 0 Å². The van der Waals surface area contributed by atoms with E-state index in [2.05, 4.69) is 16.7 Å². The highest BCUT2D eigenvalue weighted by Gasteiger charge is 2.39. The molecule has 2 aromatic carbocycles. The first kappa shape index (κ1) is 35.7. The molecule has 3 amide bonds. The Bertz CT molecular complexity index is 1340. The van der Waals surface area contributed by atoms with Gasteiger partial charge in [-0.1, -0.05) is 69.2 Å². The Kier molecular flexibility index (Phi) is 12.4. The van der Waals surface area contributed by atoms with Gasteiger partial charge in [0.25, 0.3) is 5.91 Å². The Morgan fingerprint density at radius 1 is 0.932 bits per heavy atom. The van der Waals surface area contributed by atoms with Crippen LogP contribution in [0.5, 0.6) is 5.75 Å². The topological polar surface area (TPSA) is 134 Å². The van der Waals surface area contributed by atoms with E-state index in [4.69, 9.17) is 15.9 Å². The number of aromatic hydroxyl groups is 1. The van der Waals surface area contributed by atoms with E-state index in [1.54, 1.807) is 48.5 Å². The summed E-state index contributed by atoms with van der Waals surface area (Å²) in [4.78, 5) is 55.0. The van der Waals surface area contributed by atoms with Crippen LogP contribution in [0.25, 0.3) is 0 Å². The molecule has 3 N–H and O–H groups in total. The van der Waals surface area contributed by atoms with Crippen LogP contribution in [0.1, 0.15) is 79.0 Å². The molecule has 2 aromatic rings. The number of phenolic OH excluding ortho intramolecular Hbond substituents is 1. The molecule has 0 radical (unpaired) electrons. The van der Waals surface area contributed by atoms with E-state index in [1.807, 2.05) is 37.3 Å². The molecule has 0 bridgehead atoms. The third-order valence-electron chi connectivity index (χ3n) is 6.51. The minimum atomic E-state index is -1.48. The summed E-state index contributed by atoms with van der Waals surface area (Å²) in [5, 5.41) is 15.6. The summed E-state index contributed by atoms with van der Waals surface area (Å²) in [6, 6.07) is 13.4. The summed E-state index contributed by atoms with van der Waals surface area (Å²) >= 11 is 0. The van der Waals surface area contributed by atoms with Gasteiger partial charge in [-0.3, -0.25) is 14.5 Å². The molecular weight excluding hydrogens is 562 g/mol. The van der Waals surface area contributed by atoms with Gasteiger partial charge in [0.05, 0.1) is 0 Å². The number of hydrogen-bond donors (Lipinski definition) is 3. The average Bonchev–Trinajstić information content (AvgIpc) is 2.92. The molecule has 4 atom stereocenters. The molecule has 2 rings (SSSR count). The molecule has 0 heterocycles. The van der Waals surface area contributed by atoms with Crippen molar-refractivity contribution in [3.63, 3.8) is 0 Å². The lowest BCUT2D eigenvalue weighted by atomic mass is 9.96. The van der Waals surface area contributed by atoms with Crippen LogP contribution in [0, 0.1) is 18.4 Å². The number of carbonyl (C=O) groups is 4. The van der Waals surface area contributed by atoms with E-state index in [1.165, 1.54) is 24.3 Å². The number of alkyl carbamates (subject to hydrolysis) is 1. The molecular formula is C34H45N3O7. The van der Waals surface area contributed by atoms with E-state index < -0.39 is 59.1 Å². The number of nitrogens with one attached hydrogen (secondary N) is 2. The van der Waals surface area contributed by atoms with E-state index in [9.17, 15) is 24.3 Å². The van der Waals surface area contributed by atoms with Crippen LogP contribution in [-0.2, 0) is 30.3 Å². The van der Waals surface area contributed by atoms with Crippen molar-refractivity contribution in [3.05, 3.63) is 65.7 Å². The SMILES string of the molecule is C#CN(C(=O)C(NC(=O)OC(C)(C)C)C(C)CC)C(C(=O)NC(Cc1ccccc1)C(=O)OC(C)(C)C)c1cccc(O)c1. The Morgan fingerprint density at radius 3 is 2.07 bits per heavy atom. The molecule has 0 aliphatic rings. The number of esters is 1. The minimum absolute atomic E-state index is 0.105. The zero-order chi connectivity index (χ0) is 33.2. The fraction of sp³-hybridized carbons (Fsp3) is 0.471. The largest absolute Gasteiger partial charge is 0.508 e. The van der Waals surface area contributed by atoms with Crippen molar-refractivity contribution in [2.24, 2.45) is 5.92 Å². The predicted molar refractivity (Wildman–Crippen MR) is 167 cm³/mol. The third kappa shape index (κ3) is 11.0. The summed E-state index contributed by atoms with van der Waals surface area (Å²) in [6.45, 7) is 13.8. The summed E-state index contributed by atoms with van der Waals surface area (Å²) in [6.07, 6.45) is 5.65. The molecule has 238 valence electrons. The van der Waals surface area contributed by atoms with Crippen molar-refractivity contribution in [3.8, 4) is 18.2 Å². The quantitative estimate of drug-likeness (QED) is 0.189. The van der Waals surface area contributed by atoms with Crippen molar-refractivity contribution in [2.75, 3.05) is 0 Å². The van der Waals surface area contributed by atoms with Crippen LogP contribution in [0.2, 0.25) is 0 Å². The number of ether oxygens (including phenoxy) is 2. The molecule has 10 nitrogen and oxygen atoms in total. The molecule has 0 fully saturated rings. The number of terminal acetylenes is 1. The molecule has 0 aliphatic heterocycles. The fourth-order valence-corrected chi connectivity index (χ4v) is 4.31. The molecule has 0 aliphatic carbocycles. The minimum Gasteiger partial charge on any atom is -0.508 e. The van der Waals surface area contributed by atoms with Crippen LogP contribution < -0.4 is 10.6 Å². The first-order valence-corrected chi connectivity index (χ1v) is 14.6. The first-order chi connectivity index (χ1) is 20.5. The summed E-state index contributed by atoms with van der Waals surface area (Å²) in [5.74, 6) is -2.76. The maximum absolute atomic E-state index is 14.1. The molecule has 0 aromatic heterocycles. The average molecular weight is 608 g/mol. The van der Waals surface area contributed by atoms with Gasteiger partial charge in [-0.15, -0.1) is 0 Å². The number of carbonyl (C=O) groups excluding carboxylic acids is 4. The van der Waals surface area contributed by atoms with Crippen molar-refractivity contribution >= 4 is 23.9 Å². The van der Waals surface area contributed by atoms with E-state index >= 15 is 0 Å². The molecule has 4 unspecified atom stereocenters. The smallest absolute Gasteiger partial charge is 0.408 e. The maximum atomic E-state index is 14.1. The predicted octanol–water partition coefficient (Wildman–Crippen LogP) is 4.86. The number of amides is 3. The maximum Gasteiger partial charge on any atom is 0.408 e. The van der Waals surface area contributed by atoms with Crippen molar-refractivity contribution < 1.29 is 33.8 Å². The van der Waals surface area contributed by atoms with E-state index in [-0.39, 0.29) is 17.7 Å². The Balaban J connectivity index is 2.55. The molecule has 44 heavy (non-hydrogen) atoms. The second kappa shape index (κ2) is 15.3. The highest BCUT2D eigenvalue weighted by Crippen LogP contribution is 2.27. The number of benzene rings is 2. The normalized spacial score (nSPS) is 14.2. The molecule has 0 spiro atoms. The first-order valence-electron chi connectivity index (χ1n) is 14.6. The fourth-order valence-electron chi connectivity index (χ4n) is 4.31. The Labute approximate surface area is 260 Å². The number of nitrogens with zero attached hydrogens (tertiary/aromatic N) is 1. The standard InChI is InChI=1S/C34H45N3O7/c1-10-22(3)27(36-32(42)44-34(7,8)9)30(40)37(11-2)28(24-18-15-19-25(38)21-24)29(39)35-26(31(41)43-33(4,5)6)20-23-16-13-12-14-17-23/h2,12-19,21-22,26-28,38H,10,20H2,1,3-9H3,(H,35,39)(H,36,42). The summed E-state index contributed by atoms with van der Waals surface area (Å²) in [5.41, 5.74) is -0.699. The van der Waals surface area contributed by atoms with E-state index in [0.717, 1.165) is 10.5 Å². The van der Waals surface area contributed by atoms with Crippen molar-refractivity contribution in [1.82, 2.24) is 15.5 Å². The van der Waals surface area contributed by atoms with Crippen LogP contribution in [-0.4, -0.2) is 57.2 Å². The van der Waals surface area contributed by atoms with E-state index in [0.29, 0.717) is 6.42 Å². The summed E-state index contributed by atoms with van der Waals surface area (Å²) < 4.78 is 11.0. The van der Waals surface area contributed by atoms with Gasteiger partial charge >= 0.3 is 12.1 Å². The summed E-state index contributed by atoms with van der Waals surface area (Å²) in [7, 11) is 0. The van der Waals surface area contributed by atoms with Gasteiger partial charge in [-0.05, 0) is 70.7 Å². The van der Waals surface area contributed by atoms with Gasteiger partial charge in [0, 0.05) is 12.5 Å². The van der Waals surface area contributed by atoms with Gasteiger partial charge in [0.15, 0.2) is 0 Å². The lowest BCUT2D eigenvalue weighted by Crippen LogP contribution is -2.55. The van der Waals surface area contributed by atoms with Crippen LogP contribution >= 0.6 is 0 Å². The van der Waals surface area contributed by atoms with Gasteiger partial charge in [0.2, 0.25) is 5.91 Å². The van der Waals surface area contributed by atoms with Gasteiger partial charge < -0.3 is 25.2 Å².